The molecular weight excluding hydrogens is 246 g/mol. The molecule has 19 heavy (non-hydrogen) atoms. The van der Waals surface area contributed by atoms with E-state index >= 15 is 0 Å². The van der Waals surface area contributed by atoms with Gasteiger partial charge in [0.1, 0.15) is 11.5 Å². The zero-order chi connectivity index (χ0) is 13.9. The highest BCUT2D eigenvalue weighted by Crippen LogP contribution is 2.27. The fourth-order valence-electron chi connectivity index (χ4n) is 2.46. The maximum Gasteiger partial charge on any atom is 0.251 e. The second-order valence-electron chi connectivity index (χ2n) is 5.21. The van der Waals surface area contributed by atoms with E-state index in [2.05, 4.69) is 5.32 Å². The molecule has 0 atom stereocenters. The number of carbonyl (C=O) groups excluding carboxylic acids is 1. The van der Waals surface area contributed by atoms with E-state index in [1.54, 1.807) is 0 Å². The van der Waals surface area contributed by atoms with Crippen LogP contribution in [-0.2, 0) is 0 Å². The standard InChI is InChI=1S/C14H19NO4/c16-11-6-10(7-12(17)8-11)13(18)15-9-14(19)4-2-1-3-5-14/h6-8,16-17,19H,1-5,9H2,(H,15,18). The number of nitrogens with one attached hydrogen (secondary N) is 1. The van der Waals surface area contributed by atoms with Crippen molar-refractivity contribution < 1.29 is 20.1 Å². The Balaban J connectivity index is 1.97. The minimum atomic E-state index is -0.827. The van der Waals surface area contributed by atoms with Crippen LogP contribution in [0.3, 0.4) is 0 Å². The minimum absolute atomic E-state index is 0.165. The molecule has 2 rings (SSSR count). The molecule has 4 N–H and O–H groups in total. The molecule has 1 aromatic rings. The smallest absolute Gasteiger partial charge is 0.251 e. The molecule has 1 fully saturated rings. The Hall–Kier alpha value is -1.75. The highest BCUT2D eigenvalue weighted by Gasteiger charge is 2.29. The van der Waals surface area contributed by atoms with E-state index in [0.29, 0.717) is 12.8 Å². The third kappa shape index (κ3) is 3.61. The molecule has 0 bridgehead atoms. The first-order chi connectivity index (χ1) is 8.98. The fraction of sp³-hybridized carbons (Fsp3) is 0.500. The third-order valence-electron chi connectivity index (χ3n) is 3.53. The van der Waals surface area contributed by atoms with Gasteiger partial charge in [0, 0.05) is 18.2 Å². The van der Waals surface area contributed by atoms with E-state index in [1.807, 2.05) is 0 Å². The van der Waals surface area contributed by atoms with Crippen LogP contribution >= 0.6 is 0 Å². The van der Waals surface area contributed by atoms with E-state index in [1.165, 1.54) is 12.1 Å². The minimum Gasteiger partial charge on any atom is -0.508 e. The second kappa shape index (κ2) is 5.48. The molecule has 1 amide bonds. The summed E-state index contributed by atoms with van der Waals surface area (Å²) < 4.78 is 0. The van der Waals surface area contributed by atoms with Crippen LogP contribution < -0.4 is 5.32 Å². The lowest BCUT2D eigenvalue weighted by molar-refractivity contribution is 0.00525. The Morgan fingerprint density at radius 2 is 1.68 bits per heavy atom. The maximum atomic E-state index is 11.9. The Kier molecular flexibility index (Phi) is 3.95. The van der Waals surface area contributed by atoms with Crippen LogP contribution in [-0.4, -0.2) is 33.4 Å². The maximum absolute atomic E-state index is 11.9. The van der Waals surface area contributed by atoms with Gasteiger partial charge in [0.05, 0.1) is 5.60 Å². The summed E-state index contributed by atoms with van der Waals surface area (Å²) in [5, 5.41) is 31.6. The normalized spacial score (nSPS) is 17.9. The van der Waals surface area contributed by atoms with Crippen LogP contribution in [0.4, 0.5) is 0 Å². The number of rotatable bonds is 3. The first-order valence-electron chi connectivity index (χ1n) is 6.52. The Morgan fingerprint density at radius 3 is 2.26 bits per heavy atom. The van der Waals surface area contributed by atoms with Gasteiger partial charge in [-0.3, -0.25) is 4.79 Å². The number of carbonyl (C=O) groups is 1. The zero-order valence-corrected chi connectivity index (χ0v) is 10.7. The lowest BCUT2D eigenvalue weighted by Gasteiger charge is -2.32. The molecule has 0 aromatic heterocycles. The van der Waals surface area contributed by atoms with E-state index in [9.17, 15) is 20.1 Å². The monoisotopic (exact) mass is 265 g/mol. The quantitative estimate of drug-likeness (QED) is 0.667. The number of phenolic OH excluding ortho intramolecular Hbond substituents is 2. The number of aromatic hydroxyl groups is 2. The Bertz CT molecular complexity index is 446. The van der Waals surface area contributed by atoms with Crippen molar-refractivity contribution in [2.24, 2.45) is 0 Å². The van der Waals surface area contributed by atoms with Crippen molar-refractivity contribution in [2.75, 3.05) is 6.54 Å². The average molecular weight is 265 g/mol. The van der Waals surface area contributed by atoms with Crippen molar-refractivity contribution in [2.45, 2.75) is 37.7 Å². The number of aliphatic hydroxyl groups is 1. The summed E-state index contributed by atoms with van der Waals surface area (Å²) in [6, 6.07) is 3.71. The molecule has 0 unspecified atom stereocenters. The largest absolute Gasteiger partial charge is 0.508 e. The average Bonchev–Trinajstić information content (AvgIpc) is 2.36. The van der Waals surface area contributed by atoms with Gasteiger partial charge in [-0.05, 0) is 25.0 Å². The van der Waals surface area contributed by atoms with Gasteiger partial charge >= 0.3 is 0 Å². The van der Waals surface area contributed by atoms with Gasteiger partial charge in [0.15, 0.2) is 0 Å². The lowest BCUT2D eigenvalue weighted by Crippen LogP contribution is -2.44. The molecule has 1 aromatic carbocycles. The zero-order valence-electron chi connectivity index (χ0n) is 10.7. The number of hydrogen-bond donors (Lipinski definition) is 4. The molecule has 5 nitrogen and oxygen atoms in total. The van der Waals surface area contributed by atoms with Crippen LogP contribution in [0.25, 0.3) is 0 Å². The summed E-state index contributed by atoms with van der Waals surface area (Å²) >= 11 is 0. The van der Waals surface area contributed by atoms with Gasteiger partial charge in [0.2, 0.25) is 0 Å². The predicted octanol–water partition coefficient (Wildman–Crippen LogP) is 1.52. The molecule has 0 heterocycles. The first kappa shape index (κ1) is 13.7. The van der Waals surface area contributed by atoms with Crippen molar-refractivity contribution in [1.29, 1.82) is 0 Å². The van der Waals surface area contributed by atoms with E-state index in [4.69, 9.17) is 0 Å². The number of amides is 1. The molecule has 0 aliphatic heterocycles. The van der Waals surface area contributed by atoms with Gasteiger partial charge in [-0.25, -0.2) is 0 Å². The van der Waals surface area contributed by atoms with Gasteiger partial charge in [-0.15, -0.1) is 0 Å². The summed E-state index contributed by atoms with van der Waals surface area (Å²) in [6.45, 7) is 0.197. The van der Waals surface area contributed by atoms with Crippen LogP contribution in [0.15, 0.2) is 18.2 Å². The van der Waals surface area contributed by atoms with Crippen LogP contribution in [0.1, 0.15) is 42.5 Å². The van der Waals surface area contributed by atoms with Crippen LogP contribution in [0.2, 0.25) is 0 Å². The van der Waals surface area contributed by atoms with E-state index < -0.39 is 11.5 Å². The molecule has 1 aliphatic rings. The summed E-state index contributed by atoms with van der Waals surface area (Å²) in [5.74, 6) is -0.742. The van der Waals surface area contributed by atoms with Crippen LogP contribution in [0, 0.1) is 0 Å². The summed E-state index contributed by atoms with van der Waals surface area (Å²) in [7, 11) is 0. The molecule has 104 valence electrons. The number of benzene rings is 1. The lowest BCUT2D eigenvalue weighted by atomic mass is 9.85. The van der Waals surface area contributed by atoms with Gasteiger partial charge in [-0.1, -0.05) is 19.3 Å². The Labute approximate surface area is 111 Å². The first-order valence-corrected chi connectivity index (χ1v) is 6.52. The van der Waals surface area contributed by atoms with Crippen molar-refractivity contribution >= 4 is 5.91 Å². The van der Waals surface area contributed by atoms with Crippen LogP contribution in [0.5, 0.6) is 11.5 Å². The summed E-state index contributed by atoms with van der Waals surface area (Å²) in [4.78, 5) is 11.9. The van der Waals surface area contributed by atoms with Gasteiger partial charge in [0.25, 0.3) is 5.91 Å². The van der Waals surface area contributed by atoms with Gasteiger partial charge < -0.3 is 20.6 Å². The van der Waals surface area contributed by atoms with E-state index in [-0.39, 0.29) is 23.6 Å². The predicted molar refractivity (Wildman–Crippen MR) is 70.1 cm³/mol. The van der Waals surface area contributed by atoms with Crippen molar-refractivity contribution in [3.8, 4) is 11.5 Å². The van der Waals surface area contributed by atoms with E-state index in [0.717, 1.165) is 25.3 Å². The molecule has 5 heteroatoms. The SMILES string of the molecule is O=C(NCC1(O)CCCCC1)c1cc(O)cc(O)c1. The van der Waals surface area contributed by atoms with Crippen molar-refractivity contribution in [3.63, 3.8) is 0 Å². The third-order valence-corrected chi connectivity index (χ3v) is 3.53. The second-order valence-corrected chi connectivity index (χ2v) is 5.21. The topological polar surface area (TPSA) is 89.8 Å². The van der Waals surface area contributed by atoms with Crippen molar-refractivity contribution in [1.82, 2.24) is 5.32 Å². The molecular formula is C14H19NO4. The Morgan fingerprint density at radius 1 is 1.11 bits per heavy atom. The summed E-state index contributed by atoms with van der Waals surface area (Å²) in [5.41, 5.74) is -0.649. The number of hydrogen-bond acceptors (Lipinski definition) is 4. The summed E-state index contributed by atoms with van der Waals surface area (Å²) in [6.07, 6.45) is 4.45. The number of phenols is 2. The molecule has 0 saturated heterocycles. The van der Waals surface area contributed by atoms with Crippen molar-refractivity contribution in [3.05, 3.63) is 23.8 Å². The highest BCUT2D eigenvalue weighted by atomic mass is 16.3. The molecule has 1 saturated carbocycles. The fourth-order valence-corrected chi connectivity index (χ4v) is 2.46. The molecule has 0 radical (unpaired) electrons. The molecule has 0 spiro atoms. The highest BCUT2D eigenvalue weighted by molar-refractivity contribution is 5.95. The van der Waals surface area contributed by atoms with Gasteiger partial charge in [-0.2, -0.15) is 0 Å². The molecule has 1 aliphatic carbocycles.